The number of ether oxygens (including phenoxy) is 4. The lowest BCUT2D eigenvalue weighted by molar-refractivity contribution is -0.161. The number of phosphoric acid groups is 2. The predicted molar refractivity (Wildman–Crippen MR) is 372 cm³/mol. The van der Waals surface area contributed by atoms with Crippen LogP contribution in [0.2, 0.25) is 0 Å². The monoisotopic (exact) mass is 1350 g/mol. The van der Waals surface area contributed by atoms with Crippen molar-refractivity contribution in [3.8, 4) is 0 Å². The number of carbonyl (C=O) groups excluding carboxylic acids is 4. The van der Waals surface area contributed by atoms with Crippen molar-refractivity contribution >= 4 is 39.5 Å². The first-order chi connectivity index (χ1) is 44.5. The average Bonchev–Trinajstić information content (AvgIpc) is 3.45. The highest BCUT2D eigenvalue weighted by Crippen LogP contribution is 2.45. The molecule has 2 unspecified atom stereocenters. The number of aliphatic hydroxyl groups excluding tert-OH is 1. The lowest BCUT2D eigenvalue weighted by Crippen LogP contribution is -2.30. The van der Waals surface area contributed by atoms with Gasteiger partial charge in [-0.2, -0.15) is 0 Å². The van der Waals surface area contributed by atoms with Gasteiger partial charge in [0.05, 0.1) is 26.4 Å². The van der Waals surface area contributed by atoms with E-state index < -0.39 is 97.5 Å². The zero-order valence-electron chi connectivity index (χ0n) is 59.7. The fourth-order valence-electron chi connectivity index (χ4n) is 11.2. The molecule has 546 valence electrons. The molecule has 19 heteroatoms. The second-order valence-corrected chi connectivity index (χ2v) is 29.7. The summed E-state index contributed by atoms with van der Waals surface area (Å²) in [5, 5.41) is 10.6. The van der Waals surface area contributed by atoms with Crippen molar-refractivity contribution in [1.29, 1.82) is 0 Å². The van der Waals surface area contributed by atoms with Crippen molar-refractivity contribution in [3.05, 3.63) is 0 Å². The molecule has 3 N–H and O–H groups in total. The molecule has 17 nitrogen and oxygen atoms in total. The maximum atomic E-state index is 13.0. The van der Waals surface area contributed by atoms with Crippen molar-refractivity contribution in [3.63, 3.8) is 0 Å². The van der Waals surface area contributed by atoms with Crippen LogP contribution < -0.4 is 0 Å². The summed E-state index contributed by atoms with van der Waals surface area (Å²) >= 11 is 0. The number of esters is 4. The van der Waals surface area contributed by atoms with Crippen LogP contribution in [0.4, 0.5) is 0 Å². The Labute approximate surface area is 562 Å². The van der Waals surface area contributed by atoms with Crippen LogP contribution in [0.3, 0.4) is 0 Å². The third-order valence-electron chi connectivity index (χ3n) is 17.0. The van der Waals surface area contributed by atoms with E-state index in [4.69, 9.17) is 37.0 Å². The first kappa shape index (κ1) is 90.1. The Morgan fingerprint density at radius 2 is 0.500 bits per heavy atom. The summed E-state index contributed by atoms with van der Waals surface area (Å²) in [5.74, 6) is -1.37. The summed E-state index contributed by atoms with van der Waals surface area (Å²) in [6, 6.07) is 0. The molecular weight excluding hydrogens is 1210 g/mol. The number of aliphatic hydroxyl groups is 1. The highest BCUT2D eigenvalue weighted by molar-refractivity contribution is 7.47. The fraction of sp³-hybridized carbons (Fsp3) is 0.945. The van der Waals surface area contributed by atoms with Crippen LogP contribution in [0.5, 0.6) is 0 Å². The molecule has 5 atom stereocenters. The Hall–Kier alpha value is -1.94. The van der Waals surface area contributed by atoms with Gasteiger partial charge in [-0.25, -0.2) is 9.13 Å². The lowest BCUT2D eigenvalue weighted by Gasteiger charge is -2.21. The zero-order valence-corrected chi connectivity index (χ0v) is 61.5. The molecular formula is C73H142O17P2. The number of carbonyl (C=O) groups is 4. The average molecular weight is 1350 g/mol. The number of hydrogen-bond acceptors (Lipinski definition) is 15. The zero-order chi connectivity index (χ0) is 67.7. The Morgan fingerprint density at radius 1 is 0.293 bits per heavy atom. The van der Waals surface area contributed by atoms with Gasteiger partial charge in [0, 0.05) is 25.7 Å². The quantitative estimate of drug-likeness (QED) is 0.0222. The van der Waals surface area contributed by atoms with Crippen LogP contribution in [0, 0.1) is 5.92 Å². The number of rotatable bonds is 73. The Bertz CT molecular complexity index is 1770. The molecule has 0 heterocycles. The smallest absolute Gasteiger partial charge is 0.462 e. The molecule has 0 aliphatic rings. The van der Waals surface area contributed by atoms with Crippen LogP contribution in [-0.4, -0.2) is 96.7 Å². The molecule has 0 aliphatic heterocycles. The SMILES string of the molecule is CCCCCCCCCCCCCCCCC(=O)O[C@H](COC(=O)CCCCCCCCCCCCCCC)COP(=O)(O)OC[C@@H](O)COP(=O)(O)OC[C@@H](COC(=O)CCCCCCCCCCCC(C)C)OC(=O)CCCCCCCCCCCCCCC. The van der Waals surface area contributed by atoms with Crippen LogP contribution >= 0.6 is 15.6 Å². The summed E-state index contributed by atoms with van der Waals surface area (Å²) in [6.45, 7) is 7.26. The van der Waals surface area contributed by atoms with Crippen LogP contribution in [-0.2, 0) is 65.4 Å². The van der Waals surface area contributed by atoms with Crippen molar-refractivity contribution in [2.75, 3.05) is 39.6 Å². The largest absolute Gasteiger partial charge is 0.472 e. The van der Waals surface area contributed by atoms with E-state index in [2.05, 4.69) is 34.6 Å². The van der Waals surface area contributed by atoms with Crippen LogP contribution in [0.15, 0.2) is 0 Å². The van der Waals surface area contributed by atoms with E-state index in [-0.39, 0.29) is 25.7 Å². The van der Waals surface area contributed by atoms with Crippen molar-refractivity contribution in [1.82, 2.24) is 0 Å². The minimum absolute atomic E-state index is 0.108. The molecule has 0 bridgehead atoms. The number of unbranched alkanes of at least 4 members (excludes halogenated alkanes) is 45. The Balaban J connectivity index is 5.26. The van der Waals surface area contributed by atoms with E-state index in [1.54, 1.807) is 0 Å². The van der Waals surface area contributed by atoms with E-state index in [1.807, 2.05) is 0 Å². The van der Waals surface area contributed by atoms with Crippen LogP contribution in [0.25, 0.3) is 0 Å². The third-order valence-corrected chi connectivity index (χ3v) is 18.9. The third kappa shape index (κ3) is 66.7. The summed E-state index contributed by atoms with van der Waals surface area (Å²) in [6.07, 6.45) is 53.9. The molecule has 0 spiro atoms. The molecule has 0 amide bonds. The Morgan fingerprint density at radius 3 is 0.739 bits per heavy atom. The maximum absolute atomic E-state index is 13.0. The van der Waals surface area contributed by atoms with Gasteiger partial charge in [0.15, 0.2) is 12.2 Å². The van der Waals surface area contributed by atoms with Gasteiger partial charge < -0.3 is 33.8 Å². The van der Waals surface area contributed by atoms with Crippen molar-refractivity contribution in [2.24, 2.45) is 5.92 Å². The number of hydrogen-bond donors (Lipinski definition) is 3. The topological polar surface area (TPSA) is 237 Å². The van der Waals surface area contributed by atoms with Gasteiger partial charge in [-0.05, 0) is 31.6 Å². The predicted octanol–water partition coefficient (Wildman–Crippen LogP) is 21.3. The van der Waals surface area contributed by atoms with Gasteiger partial charge in [0.1, 0.15) is 19.3 Å². The fourth-order valence-corrected chi connectivity index (χ4v) is 12.8. The number of phosphoric ester groups is 2. The molecule has 0 radical (unpaired) electrons. The van der Waals surface area contributed by atoms with Gasteiger partial charge in [-0.15, -0.1) is 0 Å². The first-order valence-corrected chi connectivity index (χ1v) is 41.1. The van der Waals surface area contributed by atoms with Gasteiger partial charge in [0.25, 0.3) is 0 Å². The van der Waals surface area contributed by atoms with Gasteiger partial charge in [-0.3, -0.25) is 37.3 Å². The second-order valence-electron chi connectivity index (χ2n) is 26.8. The molecule has 0 aromatic rings. The highest BCUT2D eigenvalue weighted by Gasteiger charge is 2.30. The molecule has 0 rings (SSSR count). The van der Waals surface area contributed by atoms with Gasteiger partial charge in [-0.1, -0.05) is 330 Å². The highest BCUT2D eigenvalue weighted by atomic mass is 31.2. The normalized spacial score (nSPS) is 14.0. The second kappa shape index (κ2) is 66.3. The summed E-state index contributed by atoms with van der Waals surface area (Å²) < 4.78 is 68.4. The Kier molecular flexibility index (Phi) is 64.9. The summed E-state index contributed by atoms with van der Waals surface area (Å²) in [5.41, 5.74) is 0. The van der Waals surface area contributed by atoms with E-state index in [0.29, 0.717) is 25.7 Å². The van der Waals surface area contributed by atoms with E-state index in [0.717, 1.165) is 95.8 Å². The summed E-state index contributed by atoms with van der Waals surface area (Å²) in [4.78, 5) is 72.7. The van der Waals surface area contributed by atoms with E-state index in [9.17, 15) is 43.2 Å². The van der Waals surface area contributed by atoms with E-state index >= 15 is 0 Å². The van der Waals surface area contributed by atoms with Gasteiger partial charge in [0.2, 0.25) is 0 Å². The maximum Gasteiger partial charge on any atom is 0.472 e. The van der Waals surface area contributed by atoms with Crippen LogP contribution in [0.1, 0.15) is 381 Å². The molecule has 92 heavy (non-hydrogen) atoms. The first-order valence-electron chi connectivity index (χ1n) is 38.1. The van der Waals surface area contributed by atoms with E-state index in [1.165, 1.54) is 205 Å². The minimum Gasteiger partial charge on any atom is -0.462 e. The van der Waals surface area contributed by atoms with Crippen molar-refractivity contribution in [2.45, 2.75) is 400 Å². The lowest BCUT2D eigenvalue weighted by atomic mass is 10.0. The molecule has 0 saturated heterocycles. The molecule has 0 aromatic carbocycles. The summed E-state index contributed by atoms with van der Waals surface area (Å²) in [7, 11) is -9.90. The van der Waals surface area contributed by atoms with Crippen molar-refractivity contribution < 1.29 is 80.2 Å². The minimum atomic E-state index is -4.95. The standard InChI is InChI=1S/C73H142O17P2/c1-6-9-12-15-18-21-24-27-30-33-38-44-49-54-59-73(78)89-68(62-83-70(75)56-51-46-41-36-31-28-25-22-19-16-13-10-7-2)64-87-91(79,80)85-60-67(74)61-86-92(81,82)88-65-69(63-84-71(76)57-52-47-42-39-34-35-40-45-50-55-66(4)5)90-72(77)58-53-48-43-37-32-29-26-23-20-17-14-11-8-3/h66-69,74H,6-65H2,1-5H3,(H,79,80)(H,81,82)/t67-,68-,69-/m1/s1. The molecule has 0 aromatic heterocycles. The molecule has 0 aliphatic carbocycles. The molecule has 0 fully saturated rings. The van der Waals surface area contributed by atoms with Gasteiger partial charge >= 0.3 is 39.5 Å². The molecule has 0 saturated carbocycles.